The highest BCUT2D eigenvalue weighted by molar-refractivity contribution is 6.05. The molecule has 0 atom stereocenters. The van der Waals surface area contributed by atoms with Gasteiger partial charge < -0.3 is 5.32 Å². The summed E-state index contributed by atoms with van der Waals surface area (Å²) in [6.45, 7) is 4.67. The van der Waals surface area contributed by atoms with Crippen molar-refractivity contribution in [3.05, 3.63) is 83.2 Å². The summed E-state index contributed by atoms with van der Waals surface area (Å²) in [6, 6.07) is 15.9. The molecule has 0 fully saturated rings. The smallest absolute Gasteiger partial charge is 0.256 e. The Morgan fingerprint density at radius 1 is 1.09 bits per heavy atom. The minimum Gasteiger partial charge on any atom is -0.319 e. The summed E-state index contributed by atoms with van der Waals surface area (Å²) >= 11 is 0. The molecule has 4 heteroatoms. The van der Waals surface area contributed by atoms with Crippen molar-refractivity contribution in [2.24, 2.45) is 0 Å². The normalized spacial score (nSPS) is 10.5. The lowest BCUT2D eigenvalue weighted by Crippen LogP contribution is -2.12. The molecule has 0 saturated heterocycles. The highest BCUT2D eigenvalue weighted by atomic mass is 16.1. The number of amides is 1. The number of benzene rings is 2. The number of nitrogens with one attached hydrogen (secondary N) is 1. The number of nitrogens with zero attached hydrogens (tertiary/aromatic N) is 2. The first-order valence-corrected chi connectivity index (χ1v) is 7.57. The van der Waals surface area contributed by atoms with Crippen LogP contribution in [0, 0.1) is 13.8 Å². The Bertz CT molecular complexity index is 819. The van der Waals surface area contributed by atoms with Crippen LogP contribution in [0.25, 0.3) is 0 Å². The Labute approximate surface area is 135 Å². The molecule has 116 valence electrons. The summed E-state index contributed by atoms with van der Waals surface area (Å²) in [4.78, 5) is 12.3. The van der Waals surface area contributed by atoms with Crippen molar-refractivity contribution in [1.82, 2.24) is 9.78 Å². The summed E-state index contributed by atoms with van der Waals surface area (Å²) in [7, 11) is 0. The van der Waals surface area contributed by atoms with Gasteiger partial charge in [0.25, 0.3) is 5.91 Å². The van der Waals surface area contributed by atoms with Gasteiger partial charge in [0.05, 0.1) is 18.4 Å². The summed E-state index contributed by atoms with van der Waals surface area (Å²) in [6.07, 6.45) is 3.51. The molecule has 3 rings (SSSR count). The molecule has 1 heterocycles. The Morgan fingerprint density at radius 2 is 1.83 bits per heavy atom. The maximum absolute atomic E-state index is 12.3. The number of anilines is 1. The maximum atomic E-state index is 12.3. The molecular weight excluding hydrogens is 286 g/mol. The van der Waals surface area contributed by atoms with E-state index in [4.69, 9.17) is 0 Å². The van der Waals surface area contributed by atoms with Crippen LogP contribution in [0.5, 0.6) is 0 Å². The van der Waals surface area contributed by atoms with E-state index >= 15 is 0 Å². The lowest BCUT2D eigenvalue weighted by Gasteiger charge is -2.05. The van der Waals surface area contributed by atoms with Crippen molar-refractivity contribution in [2.75, 3.05) is 5.32 Å². The molecule has 0 aliphatic heterocycles. The summed E-state index contributed by atoms with van der Waals surface area (Å²) in [5.74, 6) is -0.113. The second-order valence-corrected chi connectivity index (χ2v) is 5.68. The monoisotopic (exact) mass is 305 g/mol. The lowest BCUT2D eigenvalue weighted by molar-refractivity contribution is 0.102. The van der Waals surface area contributed by atoms with Crippen LogP contribution in [0.3, 0.4) is 0 Å². The van der Waals surface area contributed by atoms with E-state index in [2.05, 4.69) is 41.6 Å². The zero-order valence-corrected chi connectivity index (χ0v) is 13.3. The van der Waals surface area contributed by atoms with E-state index in [9.17, 15) is 4.79 Å². The van der Waals surface area contributed by atoms with E-state index in [0.717, 1.165) is 5.56 Å². The first-order chi connectivity index (χ1) is 11.1. The topological polar surface area (TPSA) is 46.9 Å². The first-order valence-electron chi connectivity index (χ1n) is 7.57. The summed E-state index contributed by atoms with van der Waals surface area (Å²) < 4.78 is 1.82. The predicted octanol–water partition coefficient (Wildman–Crippen LogP) is 3.80. The molecule has 0 aliphatic rings. The molecule has 1 aromatic heterocycles. The average molecular weight is 305 g/mol. The highest BCUT2D eigenvalue weighted by Gasteiger charge is 2.09. The number of rotatable bonds is 4. The number of carbonyl (C=O) groups excluding carboxylic acids is 1. The number of hydrogen-bond acceptors (Lipinski definition) is 2. The number of aromatic nitrogens is 2. The van der Waals surface area contributed by atoms with Crippen LogP contribution < -0.4 is 5.32 Å². The van der Waals surface area contributed by atoms with Gasteiger partial charge in [-0.05, 0) is 31.0 Å². The third-order valence-corrected chi connectivity index (χ3v) is 3.75. The largest absolute Gasteiger partial charge is 0.319 e. The second-order valence-electron chi connectivity index (χ2n) is 5.68. The second kappa shape index (κ2) is 6.48. The molecule has 0 unspecified atom stereocenters. The van der Waals surface area contributed by atoms with Crippen molar-refractivity contribution < 1.29 is 4.79 Å². The van der Waals surface area contributed by atoms with Crippen molar-refractivity contribution in [3.63, 3.8) is 0 Å². The van der Waals surface area contributed by atoms with Gasteiger partial charge in [0.1, 0.15) is 0 Å². The van der Waals surface area contributed by atoms with Gasteiger partial charge in [-0.15, -0.1) is 0 Å². The fourth-order valence-electron chi connectivity index (χ4n) is 2.42. The van der Waals surface area contributed by atoms with Crippen LogP contribution in [0.15, 0.2) is 60.9 Å². The lowest BCUT2D eigenvalue weighted by atomic mass is 10.1. The molecular formula is C19H19N3O. The Morgan fingerprint density at radius 3 is 2.57 bits per heavy atom. The standard InChI is InChI=1S/C19H19N3O/c1-14-7-9-16(10-8-14)12-22-13-17(11-20-22)21-19(23)18-6-4-3-5-15(18)2/h3-11,13H,12H2,1-2H3,(H,21,23). The number of aryl methyl sites for hydroxylation is 2. The van der Waals surface area contributed by atoms with Crippen molar-refractivity contribution >= 4 is 11.6 Å². The van der Waals surface area contributed by atoms with Gasteiger partial charge in [-0.25, -0.2) is 0 Å². The van der Waals surface area contributed by atoms with Crippen LogP contribution in [-0.4, -0.2) is 15.7 Å². The van der Waals surface area contributed by atoms with Gasteiger partial charge in [0, 0.05) is 11.8 Å². The van der Waals surface area contributed by atoms with Gasteiger partial charge in [-0.3, -0.25) is 9.48 Å². The maximum Gasteiger partial charge on any atom is 0.256 e. The zero-order chi connectivity index (χ0) is 16.2. The van der Waals surface area contributed by atoms with E-state index in [1.807, 2.05) is 42.1 Å². The van der Waals surface area contributed by atoms with E-state index in [1.54, 1.807) is 6.20 Å². The molecule has 1 N–H and O–H groups in total. The van der Waals surface area contributed by atoms with Crippen molar-refractivity contribution in [2.45, 2.75) is 20.4 Å². The quantitative estimate of drug-likeness (QED) is 0.797. The molecule has 3 aromatic rings. The fourth-order valence-corrected chi connectivity index (χ4v) is 2.42. The Kier molecular flexibility index (Phi) is 4.24. The molecule has 1 amide bonds. The average Bonchev–Trinajstić information content (AvgIpc) is 2.97. The van der Waals surface area contributed by atoms with Crippen LogP contribution in [-0.2, 0) is 6.54 Å². The van der Waals surface area contributed by atoms with Gasteiger partial charge in [-0.1, -0.05) is 48.0 Å². The van der Waals surface area contributed by atoms with Gasteiger partial charge in [0.15, 0.2) is 0 Å². The first kappa shape index (κ1) is 15.0. The van der Waals surface area contributed by atoms with Crippen LogP contribution in [0.2, 0.25) is 0 Å². The van der Waals surface area contributed by atoms with Gasteiger partial charge in [-0.2, -0.15) is 5.10 Å². The van der Waals surface area contributed by atoms with E-state index in [1.165, 1.54) is 11.1 Å². The van der Waals surface area contributed by atoms with E-state index in [-0.39, 0.29) is 5.91 Å². The third-order valence-electron chi connectivity index (χ3n) is 3.75. The predicted molar refractivity (Wildman–Crippen MR) is 91.6 cm³/mol. The van der Waals surface area contributed by atoms with Crippen LogP contribution in [0.1, 0.15) is 27.0 Å². The number of hydrogen-bond donors (Lipinski definition) is 1. The summed E-state index contributed by atoms with van der Waals surface area (Å²) in [5.41, 5.74) is 4.75. The minimum atomic E-state index is -0.113. The highest BCUT2D eigenvalue weighted by Crippen LogP contribution is 2.13. The molecule has 0 bridgehead atoms. The fraction of sp³-hybridized carbons (Fsp3) is 0.158. The van der Waals surface area contributed by atoms with Crippen LogP contribution >= 0.6 is 0 Å². The molecule has 0 radical (unpaired) electrons. The molecule has 0 spiro atoms. The molecule has 0 aliphatic carbocycles. The SMILES string of the molecule is Cc1ccc(Cn2cc(NC(=O)c3ccccc3C)cn2)cc1. The summed E-state index contributed by atoms with van der Waals surface area (Å²) in [5, 5.41) is 7.20. The Hall–Kier alpha value is -2.88. The van der Waals surface area contributed by atoms with E-state index in [0.29, 0.717) is 17.8 Å². The van der Waals surface area contributed by atoms with Crippen LogP contribution in [0.4, 0.5) is 5.69 Å². The Balaban J connectivity index is 1.69. The molecule has 2 aromatic carbocycles. The van der Waals surface area contributed by atoms with Crippen molar-refractivity contribution in [3.8, 4) is 0 Å². The molecule has 4 nitrogen and oxygen atoms in total. The molecule has 0 saturated carbocycles. The van der Waals surface area contributed by atoms with Gasteiger partial charge >= 0.3 is 0 Å². The molecule has 23 heavy (non-hydrogen) atoms. The van der Waals surface area contributed by atoms with E-state index < -0.39 is 0 Å². The zero-order valence-electron chi connectivity index (χ0n) is 13.3. The van der Waals surface area contributed by atoms with Crippen molar-refractivity contribution in [1.29, 1.82) is 0 Å². The minimum absolute atomic E-state index is 0.113. The third kappa shape index (κ3) is 3.66. The van der Waals surface area contributed by atoms with Gasteiger partial charge in [0.2, 0.25) is 0 Å². The number of carbonyl (C=O) groups is 1.